The molecular formula is C17H22N6O3S. The van der Waals surface area contributed by atoms with Gasteiger partial charge in [-0.15, -0.1) is 11.3 Å². The zero-order chi connectivity index (χ0) is 18.5. The summed E-state index contributed by atoms with van der Waals surface area (Å²) >= 11 is 1.46. The number of nitrogens with zero attached hydrogens (tertiary/aromatic N) is 4. The van der Waals surface area contributed by atoms with Gasteiger partial charge in [0.25, 0.3) is 5.91 Å². The fourth-order valence-electron chi connectivity index (χ4n) is 3.02. The minimum atomic E-state index is -0.296. The number of amides is 1. The van der Waals surface area contributed by atoms with Crippen LogP contribution in [0.1, 0.15) is 23.3 Å². The largest absolute Gasteiger partial charge is 0.473 e. The van der Waals surface area contributed by atoms with Gasteiger partial charge in [-0.25, -0.2) is 9.97 Å². The number of carbonyl (C=O) groups excluding carboxylic acids is 1. The first-order chi connectivity index (χ1) is 13.3. The Hall–Kier alpha value is -2.30. The Morgan fingerprint density at radius 3 is 2.96 bits per heavy atom. The molecule has 0 unspecified atom stereocenters. The van der Waals surface area contributed by atoms with Crippen molar-refractivity contribution >= 4 is 28.1 Å². The molecular weight excluding hydrogens is 368 g/mol. The van der Waals surface area contributed by atoms with E-state index < -0.39 is 0 Å². The summed E-state index contributed by atoms with van der Waals surface area (Å²) in [6.07, 6.45) is 4.88. The molecule has 10 heteroatoms. The van der Waals surface area contributed by atoms with Crippen LogP contribution in [-0.4, -0.2) is 66.4 Å². The maximum Gasteiger partial charge on any atom is 0.275 e. The van der Waals surface area contributed by atoms with E-state index in [0.717, 1.165) is 44.2 Å². The van der Waals surface area contributed by atoms with Gasteiger partial charge in [0, 0.05) is 18.5 Å². The molecule has 2 fully saturated rings. The van der Waals surface area contributed by atoms with Gasteiger partial charge in [-0.1, -0.05) is 0 Å². The fourth-order valence-corrected chi connectivity index (χ4v) is 3.88. The molecule has 9 nitrogen and oxygen atoms in total. The third kappa shape index (κ3) is 4.52. The third-order valence-corrected chi connectivity index (χ3v) is 5.40. The van der Waals surface area contributed by atoms with Crippen molar-refractivity contribution in [2.75, 3.05) is 49.6 Å². The van der Waals surface area contributed by atoms with Crippen LogP contribution < -0.4 is 20.3 Å². The lowest BCUT2D eigenvalue weighted by Crippen LogP contribution is -2.36. The molecule has 0 saturated carbocycles. The van der Waals surface area contributed by atoms with Crippen LogP contribution in [0.3, 0.4) is 0 Å². The van der Waals surface area contributed by atoms with E-state index in [1.165, 1.54) is 17.7 Å². The topological polar surface area (TPSA) is 102 Å². The van der Waals surface area contributed by atoms with Gasteiger partial charge >= 0.3 is 0 Å². The molecule has 1 amide bonds. The summed E-state index contributed by atoms with van der Waals surface area (Å²) in [5.74, 6) is 0.101. The highest BCUT2D eigenvalue weighted by Gasteiger charge is 2.21. The van der Waals surface area contributed by atoms with Gasteiger partial charge < -0.3 is 25.0 Å². The molecule has 0 bridgehead atoms. The quantitative estimate of drug-likeness (QED) is 0.784. The van der Waals surface area contributed by atoms with Crippen LogP contribution in [-0.2, 0) is 4.74 Å². The Bertz CT molecular complexity index is 774. The molecule has 27 heavy (non-hydrogen) atoms. The molecule has 4 rings (SSSR count). The van der Waals surface area contributed by atoms with Crippen molar-refractivity contribution < 1.29 is 14.3 Å². The highest BCUT2D eigenvalue weighted by atomic mass is 32.1. The Morgan fingerprint density at radius 1 is 1.33 bits per heavy atom. The van der Waals surface area contributed by atoms with E-state index in [-0.39, 0.29) is 12.0 Å². The average Bonchev–Trinajstić information content (AvgIpc) is 3.21. The number of hydrogen-bond donors (Lipinski definition) is 2. The van der Waals surface area contributed by atoms with Crippen LogP contribution in [0.25, 0.3) is 0 Å². The number of aromatic nitrogens is 3. The summed E-state index contributed by atoms with van der Waals surface area (Å²) in [4.78, 5) is 27.4. The monoisotopic (exact) mass is 390 g/mol. The normalized spacial score (nSPS) is 18.3. The molecule has 2 aromatic heterocycles. The molecule has 2 aliphatic rings. The number of rotatable bonds is 5. The second-order valence-corrected chi connectivity index (χ2v) is 7.21. The van der Waals surface area contributed by atoms with E-state index in [9.17, 15) is 4.79 Å². The van der Waals surface area contributed by atoms with Crippen LogP contribution in [0.5, 0.6) is 5.88 Å². The second-order valence-electron chi connectivity index (χ2n) is 6.38. The summed E-state index contributed by atoms with van der Waals surface area (Å²) < 4.78 is 11.3. The predicted molar refractivity (Wildman–Crippen MR) is 102 cm³/mol. The molecule has 0 spiro atoms. The number of nitrogens with one attached hydrogen (secondary N) is 2. The van der Waals surface area contributed by atoms with Crippen LogP contribution in [0.15, 0.2) is 17.9 Å². The van der Waals surface area contributed by atoms with E-state index in [0.29, 0.717) is 30.5 Å². The van der Waals surface area contributed by atoms with Crippen molar-refractivity contribution in [1.29, 1.82) is 0 Å². The van der Waals surface area contributed by atoms with Crippen LogP contribution in [0.4, 0.5) is 10.8 Å². The SMILES string of the molecule is O=C(Nc1cncnc1OC1CCNCC1)c1csc(N2CCOCC2)n1. The van der Waals surface area contributed by atoms with E-state index in [4.69, 9.17) is 9.47 Å². The minimum Gasteiger partial charge on any atom is -0.473 e. The Labute approximate surface area is 161 Å². The fraction of sp³-hybridized carbons (Fsp3) is 0.529. The summed E-state index contributed by atoms with van der Waals surface area (Å²) in [6.45, 7) is 4.77. The maximum absolute atomic E-state index is 12.6. The van der Waals surface area contributed by atoms with Gasteiger partial charge in [0.1, 0.15) is 23.8 Å². The third-order valence-electron chi connectivity index (χ3n) is 4.49. The number of morpholine rings is 1. The number of anilines is 2. The Balaban J connectivity index is 1.42. The van der Waals surface area contributed by atoms with Gasteiger partial charge in [-0.2, -0.15) is 4.98 Å². The first kappa shape index (κ1) is 18.1. The van der Waals surface area contributed by atoms with Crippen LogP contribution >= 0.6 is 11.3 Å². The summed E-state index contributed by atoms with van der Waals surface area (Å²) in [6, 6.07) is 0. The van der Waals surface area contributed by atoms with Crippen molar-refractivity contribution in [2.45, 2.75) is 18.9 Å². The summed E-state index contributed by atoms with van der Waals surface area (Å²) in [7, 11) is 0. The summed E-state index contributed by atoms with van der Waals surface area (Å²) in [5, 5.41) is 8.72. The van der Waals surface area contributed by atoms with Gasteiger partial charge in [0.15, 0.2) is 5.13 Å². The predicted octanol–water partition coefficient (Wildman–Crippen LogP) is 1.15. The number of thiazole rings is 1. The van der Waals surface area contributed by atoms with E-state index in [1.54, 1.807) is 11.6 Å². The maximum atomic E-state index is 12.6. The number of piperidine rings is 1. The number of carbonyl (C=O) groups is 1. The standard InChI is InChI=1S/C17H22N6O3S/c24-15(14-10-27-17(22-14)23-5-7-25-8-6-23)21-13-9-19-11-20-16(13)26-12-1-3-18-4-2-12/h9-12,18H,1-8H2,(H,21,24). The first-order valence-corrected chi connectivity index (χ1v) is 9.94. The number of hydrogen-bond acceptors (Lipinski definition) is 9. The Kier molecular flexibility index (Phi) is 5.75. The second kappa shape index (κ2) is 8.59. The van der Waals surface area contributed by atoms with Crippen LogP contribution in [0.2, 0.25) is 0 Å². The van der Waals surface area contributed by atoms with Crippen molar-refractivity contribution in [3.63, 3.8) is 0 Å². The molecule has 144 valence electrons. The van der Waals surface area contributed by atoms with Gasteiger partial charge in [0.05, 0.1) is 19.4 Å². The van der Waals surface area contributed by atoms with Crippen molar-refractivity contribution in [3.8, 4) is 5.88 Å². The zero-order valence-electron chi connectivity index (χ0n) is 14.9. The molecule has 2 saturated heterocycles. The van der Waals surface area contributed by atoms with E-state index in [2.05, 4.69) is 30.5 Å². The lowest BCUT2D eigenvalue weighted by molar-refractivity contribution is 0.102. The first-order valence-electron chi connectivity index (χ1n) is 9.06. The molecule has 4 heterocycles. The lowest BCUT2D eigenvalue weighted by Gasteiger charge is -2.26. The van der Waals surface area contributed by atoms with Gasteiger partial charge in [-0.05, 0) is 25.9 Å². The minimum absolute atomic E-state index is 0.0870. The molecule has 2 N–H and O–H groups in total. The van der Waals surface area contributed by atoms with Gasteiger partial charge in [0.2, 0.25) is 5.88 Å². The average molecular weight is 390 g/mol. The Morgan fingerprint density at radius 2 is 2.15 bits per heavy atom. The molecule has 0 radical (unpaired) electrons. The van der Waals surface area contributed by atoms with Crippen molar-refractivity contribution in [2.24, 2.45) is 0 Å². The van der Waals surface area contributed by atoms with Crippen molar-refractivity contribution in [3.05, 3.63) is 23.6 Å². The van der Waals surface area contributed by atoms with Gasteiger partial charge in [-0.3, -0.25) is 4.79 Å². The van der Waals surface area contributed by atoms with E-state index >= 15 is 0 Å². The lowest BCUT2D eigenvalue weighted by atomic mass is 10.1. The zero-order valence-corrected chi connectivity index (χ0v) is 15.7. The highest BCUT2D eigenvalue weighted by molar-refractivity contribution is 7.14. The smallest absolute Gasteiger partial charge is 0.275 e. The molecule has 2 aromatic rings. The summed E-state index contributed by atoms with van der Waals surface area (Å²) in [5.41, 5.74) is 0.833. The molecule has 0 aliphatic carbocycles. The molecule has 0 aromatic carbocycles. The van der Waals surface area contributed by atoms with E-state index in [1.807, 2.05) is 0 Å². The molecule has 0 atom stereocenters. The highest BCUT2D eigenvalue weighted by Crippen LogP contribution is 2.25. The number of ether oxygens (including phenoxy) is 2. The van der Waals surface area contributed by atoms with Crippen molar-refractivity contribution in [1.82, 2.24) is 20.3 Å². The molecule has 2 aliphatic heterocycles. The van der Waals surface area contributed by atoms with Crippen LogP contribution in [0, 0.1) is 0 Å².